The third kappa shape index (κ3) is 2.86. The normalized spacial score (nSPS) is 12.7. The molecule has 1 aromatic heterocycles. The average molecular weight is 300 g/mol. The molecule has 1 heterocycles. The summed E-state index contributed by atoms with van der Waals surface area (Å²) in [5.74, 6) is -1.05. The number of halogens is 3. The largest absolute Gasteiger partial charge is 0.469 e. The van der Waals surface area contributed by atoms with Crippen molar-refractivity contribution in [2.45, 2.75) is 26.3 Å². The second-order valence-electron chi connectivity index (χ2n) is 4.43. The van der Waals surface area contributed by atoms with E-state index in [2.05, 4.69) is 5.32 Å². The molecule has 0 saturated heterocycles. The van der Waals surface area contributed by atoms with Crippen LogP contribution in [0.3, 0.4) is 0 Å². The van der Waals surface area contributed by atoms with Crippen LogP contribution in [0.25, 0.3) is 0 Å². The maximum Gasteiger partial charge on any atom is 0.160 e. The molecule has 2 rings (SSSR count). The van der Waals surface area contributed by atoms with Crippen molar-refractivity contribution in [3.05, 3.63) is 58.0 Å². The van der Waals surface area contributed by atoms with Crippen molar-refractivity contribution in [2.75, 3.05) is 6.54 Å². The van der Waals surface area contributed by atoms with Gasteiger partial charge in [-0.2, -0.15) is 0 Å². The Morgan fingerprint density at radius 2 is 1.90 bits per heavy atom. The van der Waals surface area contributed by atoms with Gasteiger partial charge in [-0.25, -0.2) is 8.78 Å². The van der Waals surface area contributed by atoms with E-state index < -0.39 is 11.6 Å². The Bertz CT molecular complexity index is 598. The lowest BCUT2D eigenvalue weighted by molar-refractivity contribution is 0.495. The molecule has 1 unspecified atom stereocenters. The van der Waals surface area contributed by atoms with E-state index in [-0.39, 0.29) is 11.1 Å². The summed E-state index contributed by atoms with van der Waals surface area (Å²) in [6, 6.07) is 3.64. The zero-order valence-electron chi connectivity index (χ0n) is 11.3. The number of hydrogen-bond acceptors (Lipinski definition) is 2. The van der Waals surface area contributed by atoms with Gasteiger partial charge in [0.05, 0.1) is 12.3 Å². The molecular weight excluding hydrogens is 284 g/mol. The Kier molecular flexibility index (Phi) is 4.78. The molecule has 108 valence electrons. The van der Waals surface area contributed by atoms with Gasteiger partial charge in [-0.15, -0.1) is 0 Å². The summed E-state index contributed by atoms with van der Waals surface area (Å²) in [6.07, 6.45) is 2.30. The van der Waals surface area contributed by atoms with Crippen molar-refractivity contribution < 1.29 is 13.2 Å². The highest BCUT2D eigenvalue weighted by atomic mass is 35.5. The SMILES string of the molecule is CCNC(c1cc(F)c(F)cc1Cl)c1ccoc1CC. The summed E-state index contributed by atoms with van der Waals surface area (Å²) < 4.78 is 32.1. The molecular formula is C15H16ClF2NO. The van der Waals surface area contributed by atoms with E-state index in [1.165, 1.54) is 0 Å². The Hall–Kier alpha value is -1.39. The average Bonchev–Trinajstić information content (AvgIpc) is 2.88. The first kappa shape index (κ1) is 15.0. The maximum atomic E-state index is 13.5. The van der Waals surface area contributed by atoms with E-state index >= 15 is 0 Å². The number of benzene rings is 1. The number of rotatable bonds is 5. The van der Waals surface area contributed by atoms with Gasteiger partial charge in [0.15, 0.2) is 11.6 Å². The fourth-order valence-electron chi connectivity index (χ4n) is 2.25. The molecule has 0 bridgehead atoms. The lowest BCUT2D eigenvalue weighted by atomic mass is 9.98. The Labute approximate surface area is 121 Å². The van der Waals surface area contributed by atoms with Crippen LogP contribution in [-0.2, 0) is 6.42 Å². The minimum absolute atomic E-state index is 0.193. The van der Waals surface area contributed by atoms with Gasteiger partial charge in [-0.3, -0.25) is 0 Å². The van der Waals surface area contributed by atoms with E-state index in [4.69, 9.17) is 16.0 Å². The predicted molar refractivity (Wildman–Crippen MR) is 75.0 cm³/mol. The molecule has 2 aromatic rings. The van der Waals surface area contributed by atoms with Gasteiger partial charge < -0.3 is 9.73 Å². The number of nitrogens with one attached hydrogen (secondary N) is 1. The van der Waals surface area contributed by atoms with E-state index in [9.17, 15) is 8.78 Å². The molecule has 0 spiro atoms. The quantitative estimate of drug-likeness (QED) is 0.824. The number of hydrogen-bond donors (Lipinski definition) is 1. The van der Waals surface area contributed by atoms with Crippen LogP contribution in [0.2, 0.25) is 5.02 Å². The molecule has 0 saturated carbocycles. The first-order valence-corrected chi connectivity index (χ1v) is 6.90. The lowest BCUT2D eigenvalue weighted by Gasteiger charge is -2.20. The zero-order valence-corrected chi connectivity index (χ0v) is 12.1. The van der Waals surface area contributed by atoms with Gasteiger partial charge in [0.1, 0.15) is 5.76 Å². The Morgan fingerprint density at radius 1 is 1.20 bits per heavy atom. The molecule has 20 heavy (non-hydrogen) atoms. The third-order valence-electron chi connectivity index (χ3n) is 3.17. The summed E-state index contributed by atoms with van der Waals surface area (Å²) in [4.78, 5) is 0. The summed E-state index contributed by atoms with van der Waals surface area (Å²) >= 11 is 6.07. The van der Waals surface area contributed by atoms with Gasteiger partial charge in [0, 0.05) is 17.0 Å². The van der Waals surface area contributed by atoms with Crippen LogP contribution in [0, 0.1) is 11.6 Å². The molecule has 5 heteroatoms. The fraction of sp³-hybridized carbons (Fsp3) is 0.333. The first-order chi connectivity index (χ1) is 9.58. The smallest absolute Gasteiger partial charge is 0.160 e. The highest BCUT2D eigenvalue weighted by Gasteiger charge is 2.22. The van der Waals surface area contributed by atoms with Crippen LogP contribution in [0.1, 0.15) is 36.8 Å². The molecule has 1 N–H and O–H groups in total. The second kappa shape index (κ2) is 6.37. The molecule has 0 aliphatic carbocycles. The van der Waals surface area contributed by atoms with Crippen LogP contribution in [-0.4, -0.2) is 6.54 Å². The van der Waals surface area contributed by atoms with Crippen LogP contribution in [0.5, 0.6) is 0 Å². The summed E-state index contributed by atoms with van der Waals surface area (Å²) in [6.45, 7) is 4.57. The molecule has 1 aromatic carbocycles. The lowest BCUT2D eigenvalue weighted by Crippen LogP contribution is -2.23. The molecule has 1 atom stereocenters. The van der Waals surface area contributed by atoms with Crippen molar-refractivity contribution in [3.63, 3.8) is 0 Å². The van der Waals surface area contributed by atoms with Crippen LogP contribution < -0.4 is 5.32 Å². The van der Waals surface area contributed by atoms with Crippen molar-refractivity contribution in [3.8, 4) is 0 Å². The molecule has 0 amide bonds. The summed E-state index contributed by atoms with van der Waals surface area (Å²) in [7, 11) is 0. The molecule has 0 fully saturated rings. The minimum atomic E-state index is -0.947. The predicted octanol–water partition coefficient (Wildman–Crippen LogP) is 4.47. The zero-order chi connectivity index (χ0) is 14.7. The monoisotopic (exact) mass is 299 g/mol. The van der Waals surface area contributed by atoms with Crippen molar-refractivity contribution in [2.24, 2.45) is 0 Å². The van der Waals surface area contributed by atoms with Crippen LogP contribution in [0.4, 0.5) is 8.78 Å². The van der Waals surface area contributed by atoms with Crippen molar-refractivity contribution in [1.82, 2.24) is 5.32 Å². The maximum absolute atomic E-state index is 13.5. The molecule has 2 nitrogen and oxygen atoms in total. The highest BCUT2D eigenvalue weighted by molar-refractivity contribution is 6.31. The summed E-state index contributed by atoms with van der Waals surface area (Å²) in [5.41, 5.74) is 1.39. The Morgan fingerprint density at radius 3 is 2.55 bits per heavy atom. The van der Waals surface area contributed by atoms with E-state index in [1.54, 1.807) is 6.26 Å². The van der Waals surface area contributed by atoms with E-state index in [1.807, 2.05) is 19.9 Å². The standard InChI is InChI=1S/C15H16ClF2NO/c1-3-14-9(5-6-20-14)15(19-4-2)10-7-12(17)13(18)8-11(10)16/h5-8,15,19H,3-4H2,1-2H3. The van der Waals surface area contributed by atoms with Crippen molar-refractivity contribution >= 4 is 11.6 Å². The van der Waals surface area contributed by atoms with E-state index in [0.717, 1.165) is 23.5 Å². The van der Waals surface area contributed by atoms with E-state index in [0.29, 0.717) is 18.5 Å². The highest BCUT2D eigenvalue weighted by Crippen LogP contribution is 2.32. The van der Waals surface area contributed by atoms with Crippen molar-refractivity contribution in [1.29, 1.82) is 0 Å². The minimum Gasteiger partial charge on any atom is -0.469 e. The number of furan rings is 1. The first-order valence-electron chi connectivity index (χ1n) is 6.52. The molecule has 0 aliphatic heterocycles. The van der Waals surface area contributed by atoms with Gasteiger partial charge in [-0.1, -0.05) is 25.4 Å². The van der Waals surface area contributed by atoms with Gasteiger partial charge in [-0.05, 0) is 30.3 Å². The Balaban J connectivity index is 2.51. The van der Waals surface area contributed by atoms with Crippen LogP contribution in [0.15, 0.2) is 28.9 Å². The van der Waals surface area contributed by atoms with Crippen LogP contribution >= 0.6 is 11.6 Å². The molecule has 0 aliphatic rings. The fourth-order valence-corrected chi connectivity index (χ4v) is 2.51. The topological polar surface area (TPSA) is 25.2 Å². The second-order valence-corrected chi connectivity index (χ2v) is 4.84. The molecule has 0 radical (unpaired) electrons. The third-order valence-corrected chi connectivity index (χ3v) is 3.50. The summed E-state index contributed by atoms with van der Waals surface area (Å²) in [5, 5.41) is 3.42. The number of aryl methyl sites for hydroxylation is 1. The van der Waals surface area contributed by atoms with Gasteiger partial charge in [0.25, 0.3) is 0 Å². The van der Waals surface area contributed by atoms with Gasteiger partial charge >= 0.3 is 0 Å². The van der Waals surface area contributed by atoms with Gasteiger partial charge in [0.2, 0.25) is 0 Å².